The smallest absolute Gasteiger partial charge is 0.136 e. The topological polar surface area (TPSA) is 44.0 Å². The predicted octanol–water partition coefficient (Wildman–Crippen LogP) is 2.54. The molecule has 0 bridgehead atoms. The molecule has 0 radical (unpaired) electrons. The molecule has 0 atom stereocenters. The van der Waals surface area contributed by atoms with Gasteiger partial charge in [0.15, 0.2) is 0 Å². The van der Waals surface area contributed by atoms with E-state index in [0.29, 0.717) is 10.9 Å². The zero-order valence-electron chi connectivity index (χ0n) is 5.37. The molecule has 0 amide bonds. The molecule has 0 aliphatic rings. The van der Waals surface area contributed by atoms with Gasteiger partial charge in [-0.1, -0.05) is 0 Å². The summed E-state index contributed by atoms with van der Waals surface area (Å²) in [6.07, 6.45) is 0. The number of hydrogen-bond acceptors (Lipinski definition) is 4. The molecule has 0 fully saturated rings. The highest BCUT2D eigenvalue weighted by Gasteiger charge is 2.09. The normalized spacial score (nSPS) is 10.1. The van der Waals surface area contributed by atoms with E-state index in [1.807, 2.05) is 6.07 Å². The molecule has 1 N–H and O–H groups in total. The maximum atomic E-state index is 9.28. The zero-order chi connectivity index (χ0) is 7.84. The van der Waals surface area contributed by atoms with Gasteiger partial charge < -0.3 is 5.11 Å². The van der Waals surface area contributed by atoms with Gasteiger partial charge in [-0.05, 0) is 0 Å². The molecular weight excluding hydrogens is 178 g/mol. The first-order valence-electron chi connectivity index (χ1n) is 2.90. The van der Waals surface area contributed by atoms with Crippen molar-refractivity contribution in [1.29, 1.82) is 5.26 Å². The molecule has 2 aromatic rings. The maximum Gasteiger partial charge on any atom is 0.136 e. The monoisotopic (exact) mass is 181 g/mol. The van der Waals surface area contributed by atoms with Crippen LogP contribution >= 0.6 is 22.7 Å². The van der Waals surface area contributed by atoms with E-state index >= 15 is 0 Å². The number of rotatable bonds is 0. The van der Waals surface area contributed by atoms with E-state index < -0.39 is 0 Å². The number of nitrogens with zero attached hydrogens (tertiary/aromatic N) is 1. The average molecular weight is 181 g/mol. The Bertz CT molecular complexity index is 435. The summed E-state index contributed by atoms with van der Waals surface area (Å²) in [5, 5.41) is 22.0. The minimum Gasteiger partial charge on any atom is -0.506 e. The lowest BCUT2D eigenvalue weighted by molar-refractivity contribution is 0.483. The molecular formula is C7H3NOS2. The van der Waals surface area contributed by atoms with Crippen molar-refractivity contribution in [1.82, 2.24) is 0 Å². The molecule has 0 saturated carbocycles. The summed E-state index contributed by atoms with van der Waals surface area (Å²) >= 11 is 2.96. The van der Waals surface area contributed by atoms with Gasteiger partial charge in [0, 0.05) is 10.8 Å². The van der Waals surface area contributed by atoms with Crippen molar-refractivity contribution in [3.05, 3.63) is 16.3 Å². The Morgan fingerprint density at radius 3 is 2.82 bits per heavy atom. The van der Waals surface area contributed by atoms with Crippen molar-refractivity contribution < 1.29 is 5.11 Å². The molecule has 2 heterocycles. The molecule has 2 aromatic heterocycles. The third kappa shape index (κ3) is 0.821. The second-order valence-electron chi connectivity index (χ2n) is 2.04. The van der Waals surface area contributed by atoms with Crippen LogP contribution in [0.5, 0.6) is 5.75 Å². The Balaban J connectivity index is 2.94. The second-order valence-corrected chi connectivity index (χ2v) is 4.06. The van der Waals surface area contributed by atoms with E-state index in [9.17, 15) is 5.11 Å². The highest BCUT2D eigenvalue weighted by molar-refractivity contribution is 7.37. The van der Waals surface area contributed by atoms with E-state index in [0.717, 1.165) is 4.01 Å². The molecule has 54 valence electrons. The largest absolute Gasteiger partial charge is 0.506 e. The lowest BCUT2D eigenvalue weighted by Crippen LogP contribution is -1.63. The van der Waals surface area contributed by atoms with E-state index in [4.69, 9.17) is 5.26 Å². The lowest BCUT2D eigenvalue weighted by atomic mass is 10.2. The number of hydrogen-bond donors (Lipinski definition) is 1. The SMILES string of the molecule is N#Cc1csc2scc(O)c12. The van der Waals surface area contributed by atoms with Crippen LogP contribution in [0.3, 0.4) is 0 Å². The Hall–Kier alpha value is -1.05. The number of fused-ring (bicyclic) bond motifs is 1. The summed E-state index contributed by atoms with van der Waals surface area (Å²) < 4.78 is 1.01. The van der Waals surface area contributed by atoms with Crippen molar-refractivity contribution in [3.63, 3.8) is 0 Å². The molecule has 0 saturated heterocycles. The molecule has 0 spiro atoms. The van der Waals surface area contributed by atoms with E-state index in [1.54, 1.807) is 10.8 Å². The summed E-state index contributed by atoms with van der Waals surface area (Å²) in [4.78, 5) is 0. The zero-order valence-corrected chi connectivity index (χ0v) is 7.00. The van der Waals surface area contributed by atoms with Gasteiger partial charge in [-0.25, -0.2) is 0 Å². The highest BCUT2D eigenvalue weighted by Crippen LogP contribution is 2.37. The summed E-state index contributed by atoms with van der Waals surface area (Å²) in [6.45, 7) is 0. The van der Waals surface area contributed by atoms with E-state index in [2.05, 4.69) is 0 Å². The minimum absolute atomic E-state index is 0.225. The van der Waals surface area contributed by atoms with Crippen LogP contribution in [0.4, 0.5) is 0 Å². The third-order valence-corrected chi connectivity index (χ3v) is 3.52. The fourth-order valence-corrected chi connectivity index (χ4v) is 2.83. The first-order chi connectivity index (χ1) is 5.33. The summed E-state index contributed by atoms with van der Waals surface area (Å²) in [7, 11) is 0. The van der Waals surface area contributed by atoms with Gasteiger partial charge in [0.05, 0.1) is 15.0 Å². The van der Waals surface area contributed by atoms with Crippen molar-refractivity contribution in [2.45, 2.75) is 0 Å². The van der Waals surface area contributed by atoms with Crippen molar-refractivity contribution >= 4 is 32.1 Å². The van der Waals surface area contributed by atoms with Crippen molar-refractivity contribution in [2.24, 2.45) is 0 Å². The summed E-state index contributed by atoms with van der Waals surface area (Å²) in [5.41, 5.74) is 0.573. The maximum absolute atomic E-state index is 9.28. The first kappa shape index (κ1) is 6.65. The predicted molar refractivity (Wildman–Crippen MR) is 46.1 cm³/mol. The molecule has 0 aliphatic carbocycles. The van der Waals surface area contributed by atoms with Crippen molar-refractivity contribution in [2.75, 3.05) is 0 Å². The minimum atomic E-state index is 0.225. The molecule has 2 nitrogen and oxygen atoms in total. The Labute approximate surface area is 70.9 Å². The highest BCUT2D eigenvalue weighted by atomic mass is 32.2. The van der Waals surface area contributed by atoms with Crippen LogP contribution < -0.4 is 0 Å². The van der Waals surface area contributed by atoms with Crippen LogP contribution in [0.15, 0.2) is 10.8 Å². The van der Waals surface area contributed by atoms with Gasteiger partial charge in [-0.2, -0.15) is 5.26 Å². The Kier molecular flexibility index (Phi) is 1.34. The second kappa shape index (κ2) is 2.22. The van der Waals surface area contributed by atoms with Gasteiger partial charge in [0.2, 0.25) is 0 Å². The van der Waals surface area contributed by atoms with Crippen LogP contribution in [0, 0.1) is 11.3 Å². The van der Waals surface area contributed by atoms with Gasteiger partial charge in [-0.15, -0.1) is 22.7 Å². The number of nitriles is 1. The van der Waals surface area contributed by atoms with Crippen LogP contribution in [0.2, 0.25) is 0 Å². The molecule has 0 unspecified atom stereocenters. The molecule has 4 heteroatoms. The van der Waals surface area contributed by atoms with Gasteiger partial charge >= 0.3 is 0 Å². The molecule has 0 aromatic carbocycles. The fourth-order valence-electron chi connectivity index (χ4n) is 0.920. The molecule has 2 rings (SSSR count). The van der Waals surface area contributed by atoms with Gasteiger partial charge in [0.25, 0.3) is 0 Å². The van der Waals surface area contributed by atoms with E-state index in [1.165, 1.54) is 22.7 Å². The fraction of sp³-hybridized carbons (Fsp3) is 0. The summed E-state index contributed by atoms with van der Waals surface area (Å²) in [5.74, 6) is 0.225. The lowest BCUT2D eigenvalue weighted by Gasteiger charge is -1.81. The van der Waals surface area contributed by atoms with Crippen LogP contribution in [0.25, 0.3) is 9.40 Å². The third-order valence-electron chi connectivity index (χ3n) is 1.41. The van der Waals surface area contributed by atoms with Crippen LogP contribution in [-0.4, -0.2) is 5.11 Å². The van der Waals surface area contributed by atoms with Crippen LogP contribution in [0.1, 0.15) is 5.56 Å². The quantitative estimate of drug-likeness (QED) is 0.678. The van der Waals surface area contributed by atoms with E-state index in [-0.39, 0.29) is 5.75 Å². The van der Waals surface area contributed by atoms with Gasteiger partial charge in [-0.3, -0.25) is 0 Å². The number of thiophene rings is 2. The van der Waals surface area contributed by atoms with Crippen molar-refractivity contribution in [3.8, 4) is 11.8 Å². The first-order valence-corrected chi connectivity index (χ1v) is 4.66. The Morgan fingerprint density at radius 1 is 1.36 bits per heavy atom. The number of aromatic hydroxyl groups is 1. The molecule has 11 heavy (non-hydrogen) atoms. The van der Waals surface area contributed by atoms with Crippen LogP contribution in [-0.2, 0) is 0 Å². The van der Waals surface area contributed by atoms with Gasteiger partial charge in [0.1, 0.15) is 11.8 Å². The molecule has 0 aliphatic heterocycles. The Morgan fingerprint density at radius 2 is 2.09 bits per heavy atom. The average Bonchev–Trinajstić information content (AvgIpc) is 2.54. The standard InChI is InChI=1S/C7H3NOS2/c8-1-4-2-10-7-6(4)5(9)3-11-7/h2-3,9H. The summed E-state index contributed by atoms with van der Waals surface area (Å²) in [6, 6.07) is 2.03.